The van der Waals surface area contributed by atoms with Crippen LogP contribution in [0.15, 0.2) is 30.3 Å². The second-order valence-corrected chi connectivity index (χ2v) is 6.82. The highest BCUT2D eigenvalue weighted by Crippen LogP contribution is 2.26. The third kappa shape index (κ3) is 5.56. The van der Waals surface area contributed by atoms with E-state index in [2.05, 4.69) is 29.0 Å². The first-order valence-corrected chi connectivity index (χ1v) is 8.67. The quantitative estimate of drug-likeness (QED) is 0.856. The molecule has 2 saturated heterocycles. The van der Waals surface area contributed by atoms with E-state index in [4.69, 9.17) is 5.73 Å². The number of nitrogens with zero attached hydrogens (tertiary/aromatic N) is 3. The van der Waals surface area contributed by atoms with E-state index in [1.165, 1.54) is 0 Å². The minimum Gasteiger partial charge on any atom is -0.341 e. The number of amides is 1. The van der Waals surface area contributed by atoms with Crippen LogP contribution >= 0.6 is 24.8 Å². The molecule has 0 spiro atoms. The summed E-state index contributed by atoms with van der Waals surface area (Å²) in [5.41, 5.74) is 7.10. The molecule has 2 aliphatic heterocycles. The average Bonchev–Trinajstić information content (AvgIpc) is 2.58. The molecule has 25 heavy (non-hydrogen) atoms. The fourth-order valence-electron chi connectivity index (χ4n) is 3.52. The summed E-state index contributed by atoms with van der Waals surface area (Å²) >= 11 is 0. The van der Waals surface area contributed by atoms with Crippen LogP contribution in [0.25, 0.3) is 0 Å². The zero-order valence-electron chi connectivity index (χ0n) is 14.8. The molecule has 0 bridgehead atoms. The number of hydrogen-bond donors (Lipinski definition) is 1. The molecule has 3 rings (SSSR count). The zero-order valence-corrected chi connectivity index (χ0v) is 16.5. The normalized spacial score (nSPS) is 21.1. The maximum absolute atomic E-state index is 13.2. The van der Waals surface area contributed by atoms with Crippen molar-refractivity contribution in [3.05, 3.63) is 35.9 Å². The van der Waals surface area contributed by atoms with E-state index in [-0.39, 0.29) is 42.8 Å². The van der Waals surface area contributed by atoms with Gasteiger partial charge in [-0.1, -0.05) is 30.3 Å². The van der Waals surface area contributed by atoms with Crippen LogP contribution in [0.4, 0.5) is 0 Å². The van der Waals surface area contributed by atoms with Crippen molar-refractivity contribution in [2.45, 2.75) is 24.9 Å². The molecule has 1 amide bonds. The number of carbonyl (C=O) groups excluding carboxylic acids is 1. The highest BCUT2D eigenvalue weighted by Gasteiger charge is 2.33. The number of piperidine rings is 1. The summed E-state index contributed by atoms with van der Waals surface area (Å²) < 4.78 is 0. The first kappa shape index (κ1) is 22.2. The van der Waals surface area contributed by atoms with Crippen LogP contribution in [-0.2, 0) is 4.79 Å². The molecule has 5 nitrogen and oxygen atoms in total. The van der Waals surface area contributed by atoms with Gasteiger partial charge in [-0.2, -0.15) is 0 Å². The summed E-state index contributed by atoms with van der Waals surface area (Å²) in [6.45, 7) is 5.49. The summed E-state index contributed by atoms with van der Waals surface area (Å²) in [7, 11) is 2.14. The van der Waals surface area contributed by atoms with Crippen LogP contribution in [0.5, 0.6) is 0 Å². The van der Waals surface area contributed by atoms with Crippen molar-refractivity contribution in [3.63, 3.8) is 0 Å². The Kier molecular flexibility index (Phi) is 9.17. The number of piperazine rings is 1. The number of carbonyl (C=O) groups is 1. The van der Waals surface area contributed by atoms with Crippen LogP contribution in [0, 0.1) is 0 Å². The van der Waals surface area contributed by atoms with Gasteiger partial charge in [-0.3, -0.25) is 9.69 Å². The molecule has 0 aromatic heterocycles. The molecule has 0 saturated carbocycles. The lowest BCUT2D eigenvalue weighted by atomic mass is 10.00. The molecule has 0 radical (unpaired) electrons. The van der Waals surface area contributed by atoms with E-state index in [0.29, 0.717) is 0 Å². The molecule has 2 heterocycles. The molecule has 1 unspecified atom stereocenters. The Balaban J connectivity index is 0.00000156. The summed E-state index contributed by atoms with van der Waals surface area (Å²) in [5, 5.41) is 0. The first-order valence-electron chi connectivity index (χ1n) is 8.67. The van der Waals surface area contributed by atoms with Gasteiger partial charge in [0.2, 0.25) is 5.91 Å². The summed E-state index contributed by atoms with van der Waals surface area (Å²) in [5.74, 6) is 0.243. The van der Waals surface area contributed by atoms with Gasteiger partial charge in [-0.05, 0) is 25.5 Å². The van der Waals surface area contributed by atoms with Crippen LogP contribution < -0.4 is 5.73 Å². The second kappa shape index (κ2) is 10.3. The van der Waals surface area contributed by atoms with Crippen LogP contribution in [0.3, 0.4) is 0 Å². The van der Waals surface area contributed by atoms with Gasteiger partial charge in [0.1, 0.15) is 6.04 Å². The minimum atomic E-state index is -0.153. The zero-order chi connectivity index (χ0) is 16.2. The number of nitrogens with two attached hydrogens (primary N) is 1. The van der Waals surface area contributed by atoms with Gasteiger partial charge < -0.3 is 15.5 Å². The van der Waals surface area contributed by atoms with E-state index in [9.17, 15) is 4.79 Å². The number of benzene rings is 1. The Labute approximate surface area is 163 Å². The summed E-state index contributed by atoms with van der Waals surface area (Å²) in [6, 6.07) is 10.3. The largest absolute Gasteiger partial charge is 0.341 e. The minimum absolute atomic E-state index is 0. The second-order valence-electron chi connectivity index (χ2n) is 6.82. The smallest absolute Gasteiger partial charge is 0.244 e. The maximum Gasteiger partial charge on any atom is 0.244 e. The van der Waals surface area contributed by atoms with Crippen molar-refractivity contribution in [2.24, 2.45) is 5.73 Å². The monoisotopic (exact) mass is 388 g/mol. The SMILES string of the molecule is CN1CCN(C(C(=O)N2CCC(N)CC2)c2ccccc2)CC1.Cl.Cl. The number of likely N-dealkylation sites (N-methyl/N-ethyl adjacent to an activating group) is 1. The third-order valence-corrected chi connectivity index (χ3v) is 5.10. The predicted octanol–water partition coefficient (Wildman–Crippen LogP) is 1.77. The maximum atomic E-state index is 13.2. The highest BCUT2D eigenvalue weighted by molar-refractivity contribution is 5.85. The molecule has 2 aliphatic rings. The molecule has 1 aromatic rings. The molecular weight excluding hydrogens is 359 g/mol. The van der Waals surface area contributed by atoms with Gasteiger partial charge in [0.15, 0.2) is 0 Å². The molecule has 1 atom stereocenters. The van der Waals surface area contributed by atoms with Crippen molar-refractivity contribution in [2.75, 3.05) is 46.3 Å². The summed E-state index contributed by atoms with van der Waals surface area (Å²) in [4.78, 5) is 19.9. The lowest BCUT2D eigenvalue weighted by Crippen LogP contribution is -2.52. The fraction of sp³-hybridized carbons (Fsp3) is 0.611. The molecular formula is C18H30Cl2N4O. The number of likely N-dealkylation sites (tertiary alicyclic amines) is 1. The molecule has 1 aromatic carbocycles. The number of rotatable bonds is 3. The van der Waals surface area contributed by atoms with E-state index < -0.39 is 0 Å². The van der Waals surface area contributed by atoms with Gasteiger partial charge in [0.05, 0.1) is 0 Å². The van der Waals surface area contributed by atoms with E-state index in [1.54, 1.807) is 0 Å². The van der Waals surface area contributed by atoms with E-state index in [0.717, 1.165) is 57.7 Å². The van der Waals surface area contributed by atoms with Gasteiger partial charge in [0, 0.05) is 45.3 Å². The van der Waals surface area contributed by atoms with Crippen molar-refractivity contribution in [3.8, 4) is 0 Å². The van der Waals surface area contributed by atoms with Crippen molar-refractivity contribution >= 4 is 30.7 Å². The van der Waals surface area contributed by atoms with Crippen LogP contribution in [0.2, 0.25) is 0 Å². The summed E-state index contributed by atoms with van der Waals surface area (Å²) in [6.07, 6.45) is 1.83. The highest BCUT2D eigenvalue weighted by atomic mass is 35.5. The van der Waals surface area contributed by atoms with Gasteiger partial charge in [-0.25, -0.2) is 0 Å². The van der Waals surface area contributed by atoms with Crippen molar-refractivity contribution in [1.82, 2.24) is 14.7 Å². The Hall–Kier alpha value is -0.850. The molecule has 7 heteroatoms. The van der Waals surface area contributed by atoms with Crippen molar-refractivity contribution in [1.29, 1.82) is 0 Å². The molecule has 2 fully saturated rings. The molecule has 2 N–H and O–H groups in total. The van der Waals surface area contributed by atoms with E-state index in [1.807, 2.05) is 23.1 Å². The van der Waals surface area contributed by atoms with E-state index >= 15 is 0 Å². The molecule has 142 valence electrons. The topological polar surface area (TPSA) is 52.8 Å². The Morgan fingerprint density at radius 2 is 1.56 bits per heavy atom. The van der Waals surface area contributed by atoms with Gasteiger partial charge in [-0.15, -0.1) is 24.8 Å². The Morgan fingerprint density at radius 3 is 2.12 bits per heavy atom. The van der Waals surface area contributed by atoms with Gasteiger partial charge in [0.25, 0.3) is 0 Å². The van der Waals surface area contributed by atoms with Crippen LogP contribution in [0.1, 0.15) is 24.4 Å². The first-order chi connectivity index (χ1) is 11.1. The standard InChI is InChI=1S/C18H28N4O.2ClH/c1-20-11-13-21(14-12-20)17(15-5-3-2-4-6-15)18(23)22-9-7-16(19)8-10-22;;/h2-6,16-17H,7-14,19H2,1H3;2*1H. The fourth-order valence-corrected chi connectivity index (χ4v) is 3.52. The number of halogens is 2. The average molecular weight is 389 g/mol. The van der Waals surface area contributed by atoms with Gasteiger partial charge >= 0.3 is 0 Å². The van der Waals surface area contributed by atoms with Crippen molar-refractivity contribution < 1.29 is 4.79 Å². The number of hydrogen-bond acceptors (Lipinski definition) is 4. The Morgan fingerprint density at radius 1 is 1.00 bits per heavy atom. The molecule has 0 aliphatic carbocycles. The lowest BCUT2D eigenvalue weighted by molar-refractivity contribution is -0.139. The third-order valence-electron chi connectivity index (χ3n) is 5.10. The Bertz CT molecular complexity index is 515. The predicted molar refractivity (Wildman–Crippen MR) is 107 cm³/mol. The van der Waals surface area contributed by atoms with Crippen LogP contribution in [-0.4, -0.2) is 73.0 Å². The lowest BCUT2D eigenvalue weighted by Gasteiger charge is -2.40.